The Labute approximate surface area is 134 Å². The molecule has 124 valence electrons. The SMILES string of the molecule is Cn1c(=O)oc2cc(NC(=O)COc3ccc(F)cc3F)ccc21. The van der Waals surface area contributed by atoms with Gasteiger partial charge in [-0.3, -0.25) is 9.36 Å². The number of nitrogens with one attached hydrogen (secondary N) is 1. The van der Waals surface area contributed by atoms with E-state index in [-0.39, 0.29) is 5.75 Å². The van der Waals surface area contributed by atoms with Gasteiger partial charge in [-0.2, -0.15) is 0 Å². The molecule has 0 aliphatic carbocycles. The molecule has 8 heteroatoms. The van der Waals surface area contributed by atoms with Crippen LogP contribution in [0.15, 0.2) is 45.6 Å². The minimum atomic E-state index is -0.893. The maximum atomic E-state index is 13.4. The van der Waals surface area contributed by atoms with Gasteiger partial charge in [-0.25, -0.2) is 13.6 Å². The fourth-order valence-electron chi connectivity index (χ4n) is 2.14. The molecule has 0 aliphatic rings. The Hall–Kier alpha value is -3.16. The molecule has 0 spiro atoms. The molecule has 6 nitrogen and oxygen atoms in total. The molecule has 0 bridgehead atoms. The van der Waals surface area contributed by atoms with Gasteiger partial charge in [0, 0.05) is 24.9 Å². The van der Waals surface area contributed by atoms with Gasteiger partial charge < -0.3 is 14.5 Å². The number of aryl methyl sites for hydroxylation is 1. The van der Waals surface area contributed by atoms with Crippen LogP contribution in [-0.2, 0) is 11.8 Å². The lowest BCUT2D eigenvalue weighted by atomic mass is 10.3. The second-order valence-electron chi connectivity index (χ2n) is 5.02. The van der Waals surface area contributed by atoms with Crippen LogP contribution in [0.3, 0.4) is 0 Å². The zero-order valence-corrected chi connectivity index (χ0v) is 12.5. The molecule has 0 unspecified atom stereocenters. The minimum absolute atomic E-state index is 0.226. The Morgan fingerprint density at radius 2 is 2.04 bits per heavy atom. The summed E-state index contributed by atoms with van der Waals surface area (Å²) < 4.78 is 37.5. The first kappa shape index (κ1) is 15.7. The van der Waals surface area contributed by atoms with Crippen molar-refractivity contribution < 1.29 is 22.7 Å². The molecule has 2 aromatic carbocycles. The van der Waals surface area contributed by atoms with E-state index in [2.05, 4.69) is 5.32 Å². The van der Waals surface area contributed by atoms with Crippen molar-refractivity contribution >= 4 is 22.7 Å². The standard InChI is InChI=1S/C16H12F2N2O4/c1-20-12-4-3-10(7-14(12)24-16(20)22)19-15(21)8-23-13-5-2-9(17)6-11(13)18/h2-7H,8H2,1H3,(H,19,21). The molecule has 24 heavy (non-hydrogen) atoms. The number of fused-ring (bicyclic) bond motifs is 1. The van der Waals surface area contributed by atoms with Gasteiger partial charge in [0.05, 0.1) is 5.52 Å². The summed E-state index contributed by atoms with van der Waals surface area (Å²) in [5.41, 5.74) is 1.30. The van der Waals surface area contributed by atoms with E-state index >= 15 is 0 Å². The molecule has 0 aliphatic heterocycles. The maximum absolute atomic E-state index is 13.4. The molecule has 0 saturated heterocycles. The summed E-state index contributed by atoms with van der Waals surface area (Å²) in [6, 6.07) is 7.50. The van der Waals surface area contributed by atoms with Crippen molar-refractivity contribution in [2.45, 2.75) is 0 Å². The van der Waals surface area contributed by atoms with Crippen LogP contribution < -0.4 is 15.8 Å². The molecule has 1 amide bonds. The molecule has 3 aromatic rings. The molecule has 1 heterocycles. The third kappa shape index (κ3) is 3.12. The number of oxazole rings is 1. The number of anilines is 1. The lowest BCUT2D eigenvalue weighted by Crippen LogP contribution is -2.20. The number of nitrogens with zero attached hydrogens (tertiary/aromatic N) is 1. The molecular formula is C16H12F2N2O4. The van der Waals surface area contributed by atoms with Crippen LogP contribution in [0, 0.1) is 11.6 Å². The lowest BCUT2D eigenvalue weighted by Gasteiger charge is -2.08. The third-order valence-corrected chi connectivity index (χ3v) is 3.33. The van der Waals surface area contributed by atoms with Crippen LogP contribution >= 0.6 is 0 Å². The number of rotatable bonds is 4. The van der Waals surface area contributed by atoms with Gasteiger partial charge in [0.1, 0.15) is 5.82 Å². The van der Waals surface area contributed by atoms with E-state index in [9.17, 15) is 18.4 Å². The zero-order valence-electron chi connectivity index (χ0n) is 12.5. The van der Waals surface area contributed by atoms with E-state index in [4.69, 9.17) is 9.15 Å². The number of ether oxygens (including phenoxy) is 1. The largest absolute Gasteiger partial charge is 0.481 e. The van der Waals surface area contributed by atoms with E-state index in [0.717, 1.165) is 12.1 Å². The first-order valence-electron chi connectivity index (χ1n) is 6.91. The molecule has 1 N–H and O–H groups in total. The topological polar surface area (TPSA) is 73.5 Å². The summed E-state index contributed by atoms with van der Waals surface area (Å²) in [4.78, 5) is 23.3. The van der Waals surface area contributed by atoms with Crippen molar-refractivity contribution in [2.24, 2.45) is 7.05 Å². The van der Waals surface area contributed by atoms with E-state index < -0.39 is 29.9 Å². The first-order valence-corrected chi connectivity index (χ1v) is 6.91. The van der Waals surface area contributed by atoms with Crippen LogP contribution in [0.1, 0.15) is 0 Å². The van der Waals surface area contributed by atoms with Crippen molar-refractivity contribution in [1.29, 1.82) is 0 Å². The second-order valence-corrected chi connectivity index (χ2v) is 5.02. The highest BCUT2D eigenvalue weighted by molar-refractivity contribution is 5.93. The minimum Gasteiger partial charge on any atom is -0.481 e. The number of carbonyl (C=O) groups excluding carboxylic acids is 1. The number of carbonyl (C=O) groups is 1. The molecule has 1 aromatic heterocycles. The van der Waals surface area contributed by atoms with E-state index in [1.165, 1.54) is 10.6 Å². The number of hydrogen-bond acceptors (Lipinski definition) is 4. The van der Waals surface area contributed by atoms with Crippen LogP contribution in [0.4, 0.5) is 14.5 Å². The second kappa shape index (κ2) is 6.15. The fraction of sp³-hybridized carbons (Fsp3) is 0.125. The van der Waals surface area contributed by atoms with Gasteiger partial charge in [0.2, 0.25) is 0 Å². The summed E-state index contributed by atoms with van der Waals surface area (Å²) in [5.74, 6) is -2.91. The normalized spacial score (nSPS) is 10.8. The lowest BCUT2D eigenvalue weighted by molar-refractivity contribution is -0.118. The Kier molecular flexibility index (Phi) is 4.03. The summed E-state index contributed by atoms with van der Waals surface area (Å²) in [6.45, 7) is -0.459. The quantitative estimate of drug-likeness (QED) is 0.795. The molecular weight excluding hydrogens is 322 g/mol. The number of hydrogen-bond donors (Lipinski definition) is 1. The monoisotopic (exact) mass is 334 g/mol. The number of benzene rings is 2. The van der Waals surface area contributed by atoms with Crippen LogP contribution in [0.5, 0.6) is 5.75 Å². The van der Waals surface area contributed by atoms with E-state index in [1.54, 1.807) is 19.2 Å². The summed E-state index contributed by atoms with van der Waals surface area (Å²) in [5, 5.41) is 2.53. The molecule has 3 rings (SSSR count). The first-order chi connectivity index (χ1) is 11.4. The third-order valence-electron chi connectivity index (χ3n) is 3.33. The van der Waals surface area contributed by atoms with Crippen molar-refractivity contribution in [1.82, 2.24) is 4.57 Å². The summed E-state index contributed by atoms with van der Waals surface area (Å²) in [7, 11) is 1.57. The molecule has 0 fully saturated rings. The van der Waals surface area contributed by atoms with Gasteiger partial charge in [0.15, 0.2) is 23.8 Å². The smallest absolute Gasteiger partial charge is 0.419 e. The van der Waals surface area contributed by atoms with Crippen LogP contribution in [0.25, 0.3) is 11.1 Å². The summed E-state index contributed by atoms with van der Waals surface area (Å²) >= 11 is 0. The van der Waals surface area contributed by atoms with Crippen LogP contribution in [0.2, 0.25) is 0 Å². The van der Waals surface area contributed by atoms with Crippen molar-refractivity contribution in [3.8, 4) is 5.75 Å². The van der Waals surface area contributed by atoms with Gasteiger partial charge >= 0.3 is 5.76 Å². The highest BCUT2D eigenvalue weighted by atomic mass is 19.1. The fourth-order valence-corrected chi connectivity index (χ4v) is 2.14. The molecule has 0 atom stereocenters. The highest BCUT2D eigenvalue weighted by Crippen LogP contribution is 2.19. The number of halogens is 2. The average molecular weight is 334 g/mol. The van der Waals surface area contributed by atoms with E-state index in [0.29, 0.717) is 22.9 Å². The van der Waals surface area contributed by atoms with Gasteiger partial charge in [-0.05, 0) is 24.3 Å². The highest BCUT2D eigenvalue weighted by Gasteiger charge is 2.10. The predicted molar refractivity (Wildman–Crippen MR) is 81.9 cm³/mol. The Balaban J connectivity index is 1.67. The van der Waals surface area contributed by atoms with Crippen LogP contribution in [-0.4, -0.2) is 17.1 Å². The Morgan fingerprint density at radius 1 is 1.25 bits per heavy atom. The van der Waals surface area contributed by atoms with Crippen molar-refractivity contribution in [2.75, 3.05) is 11.9 Å². The zero-order chi connectivity index (χ0) is 17.3. The number of aromatic nitrogens is 1. The maximum Gasteiger partial charge on any atom is 0.419 e. The molecule has 0 radical (unpaired) electrons. The van der Waals surface area contributed by atoms with Crippen molar-refractivity contribution in [3.63, 3.8) is 0 Å². The van der Waals surface area contributed by atoms with E-state index in [1.807, 2.05) is 0 Å². The predicted octanol–water partition coefficient (Wildman–Crippen LogP) is 2.43. The summed E-state index contributed by atoms with van der Waals surface area (Å²) in [6.07, 6.45) is 0. The molecule has 0 saturated carbocycles. The average Bonchev–Trinajstić information content (AvgIpc) is 2.81. The van der Waals surface area contributed by atoms with Gasteiger partial charge in [-0.15, -0.1) is 0 Å². The van der Waals surface area contributed by atoms with Gasteiger partial charge in [-0.1, -0.05) is 0 Å². The Morgan fingerprint density at radius 3 is 2.79 bits per heavy atom. The van der Waals surface area contributed by atoms with Crippen molar-refractivity contribution in [3.05, 3.63) is 58.6 Å². The van der Waals surface area contributed by atoms with Gasteiger partial charge in [0.25, 0.3) is 5.91 Å². The Bertz CT molecular complexity index is 978. The number of amides is 1.